The highest BCUT2D eigenvalue weighted by molar-refractivity contribution is 5.87. The first kappa shape index (κ1) is 21.3. The number of carbonyl (C=O) groups excluding carboxylic acids is 2. The van der Waals surface area contributed by atoms with Crippen molar-refractivity contribution in [3.05, 3.63) is 0 Å². The Morgan fingerprint density at radius 2 is 1.86 bits per heavy atom. The molecule has 5 unspecified atom stereocenters. The molecule has 0 amide bonds. The van der Waals surface area contributed by atoms with E-state index in [4.69, 9.17) is 4.74 Å². The SMILES string of the molecule is COC(=O)CCCC1(C)CC[C@]2(C)C3CC[C@]4(C)C(=O)CCC4C3C[C@H](O)C2C1. The van der Waals surface area contributed by atoms with Gasteiger partial charge in [-0.25, -0.2) is 0 Å². The lowest BCUT2D eigenvalue weighted by atomic mass is 9.42. The first-order valence-corrected chi connectivity index (χ1v) is 11.9. The minimum Gasteiger partial charge on any atom is -0.469 e. The standard InChI is InChI=1S/C25H40O4/c1-23(10-5-6-22(28)29-4)12-13-24(2)18-9-11-25(3)17(7-8-21(25)27)16(18)14-20(26)19(24)15-23/h16-20,26H,5-15H2,1-4H3/t16?,17?,18?,19?,20-,23?,24+,25-/m0/s1. The van der Waals surface area contributed by atoms with E-state index in [0.717, 1.165) is 51.4 Å². The van der Waals surface area contributed by atoms with Crippen molar-refractivity contribution in [3.63, 3.8) is 0 Å². The maximum Gasteiger partial charge on any atom is 0.305 e. The van der Waals surface area contributed by atoms with Gasteiger partial charge in [0.25, 0.3) is 0 Å². The molecule has 4 nitrogen and oxygen atoms in total. The predicted octanol–water partition coefficient (Wildman–Crippen LogP) is 4.92. The van der Waals surface area contributed by atoms with Crippen LogP contribution in [0, 0.1) is 39.9 Å². The van der Waals surface area contributed by atoms with E-state index in [-0.39, 0.29) is 28.3 Å². The molecule has 4 aliphatic carbocycles. The van der Waals surface area contributed by atoms with Crippen molar-refractivity contribution in [2.75, 3.05) is 7.11 Å². The van der Waals surface area contributed by atoms with Crippen LogP contribution in [-0.4, -0.2) is 30.1 Å². The van der Waals surface area contributed by atoms with Crippen LogP contribution < -0.4 is 0 Å². The number of fused-ring (bicyclic) bond motifs is 5. The van der Waals surface area contributed by atoms with E-state index in [2.05, 4.69) is 20.8 Å². The third kappa shape index (κ3) is 3.38. The van der Waals surface area contributed by atoms with Gasteiger partial charge in [-0.05, 0) is 92.3 Å². The van der Waals surface area contributed by atoms with E-state index in [1.165, 1.54) is 20.0 Å². The summed E-state index contributed by atoms with van der Waals surface area (Å²) in [6.45, 7) is 7.02. The molecule has 0 radical (unpaired) electrons. The summed E-state index contributed by atoms with van der Waals surface area (Å²) in [6, 6.07) is 0. The van der Waals surface area contributed by atoms with Gasteiger partial charge in [0.05, 0.1) is 13.2 Å². The van der Waals surface area contributed by atoms with Crippen molar-refractivity contribution >= 4 is 11.8 Å². The first-order valence-electron chi connectivity index (χ1n) is 11.9. The Kier molecular flexibility index (Phi) is 5.41. The van der Waals surface area contributed by atoms with Gasteiger partial charge in [-0.2, -0.15) is 0 Å². The normalized spacial score (nSPS) is 49.1. The van der Waals surface area contributed by atoms with Crippen molar-refractivity contribution in [2.45, 2.75) is 97.5 Å². The Hall–Kier alpha value is -0.900. The first-order chi connectivity index (χ1) is 13.6. The third-order valence-corrected chi connectivity index (χ3v) is 10.2. The van der Waals surface area contributed by atoms with Gasteiger partial charge in [-0.3, -0.25) is 9.59 Å². The molecule has 1 N–H and O–H groups in total. The minimum absolute atomic E-state index is 0.119. The van der Waals surface area contributed by atoms with Gasteiger partial charge in [-0.1, -0.05) is 20.8 Å². The molecule has 0 aromatic carbocycles. The van der Waals surface area contributed by atoms with Crippen LogP contribution in [0.3, 0.4) is 0 Å². The van der Waals surface area contributed by atoms with Gasteiger partial charge in [0.2, 0.25) is 0 Å². The van der Waals surface area contributed by atoms with Crippen LogP contribution in [-0.2, 0) is 14.3 Å². The highest BCUT2D eigenvalue weighted by Crippen LogP contribution is 2.67. The number of hydrogen-bond acceptors (Lipinski definition) is 4. The Morgan fingerprint density at radius 3 is 2.59 bits per heavy atom. The van der Waals surface area contributed by atoms with E-state index in [1.807, 2.05) is 0 Å². The summed E-state index contributed by atoms with van der Waals surface area (Å²) in [5.41, 5.74) is 0.275. The molecule has 8 atom stereocenters. The zero-order valence-electron chi connectivity index (χ0n) is 18.8. The fourth-order valence-electron chi connectivity index (χ4n) is 8.30. The highest BCUT2D eigenvalue weighted by atomic mass is 16.5. The second-order valence-corrected chi connectivity index (χ2v) is 11.7. The second-order valence-electron chi connectivity index (χ2n) is 11.7. The number of aliphatic hydroxyl groups excluding tert-OH is 1. The lowest BCUT2D eigenvalue weighted by Crippen LogP contribution is -2.58. The number of ketones is 1. The summed E-state index contributed by atoms with van der Waals surface area (Å²) >= 11 is 0. The van der Waals surface area contributed by atoms with Crippen molar-refractivity contribution < 1.29 is 19.4 Å². The Bertz CT molecular complexity index is 674. The molecule has 0 bridgehead atoms. The predicted molar refractivity (Wildman–Crippen MR) is 112 cm³/mol. The third-order valence-electron chi connectivity index (χ3n) is 10.2. The van der Waals surface area contributed by atoms with Gasteiger partial charge in [0.15, 0.2) is 0 Å². The molecule has 0 spiro atoms. The molecular weight excluding hydrogens is 364 g/mol. The van der Waals surface area contributed by atoms with Crippen LogP contribution in [0.5, 0.6) is 0 Å². The van der Waals surface area contributed by atoms with Crippen molar-refractivity contribution in [1.29, 1.82) is 0 Å². The number of ether oxygens (including phenoxy) is 1. The largest absolute Gasteiger partial charge is 0.469 e. The minimum atomic E-state index is -0.250. The molecule has 4 rings (SSSR count). The van der Waals surface area contributed by atoms with Crippen molar-refractivity contribution in [1.82, 2.24) is 0 Å². The van der Waals surface area contributed by atoms with Gasteiger partial charge in [-0.15, -0.1) is 0 Å². The summed E-state index contributed by atoms with van der Waals surface area (Å²) in [7, 11) is 1.46. The van der Waals surface area contributed by atoms with Crippen LogP contribution in [0.4, 0.5) is 0 Å². The van der Waals surface area contributed by atoms with E-state index in [1.54, 1.807) is 0 Å². The van der Waals surface area contributed by atoms with Crippen LogP contribution in [0.25, 0.3) is 0 Å². The summed E-state index contributed by atoms with van der Waals surface area (Å²) in [6.07, 6.45) is 10.4. The van der Waals surface area contributed by atoms with Crippen LogP contribution >= 0.6 is 0 Å². The Morgan fingerprint density at radius 1 is 1.10 bits per heavy atom. The van der Waals surface area contributed by atoms with E-state index in [0.29, 0.717) is 35.9 Å². The molecule has 0 aromatic heterocycles. The number of rotatable bonds is 4. The molecule has 0 aliphatic heterocycles. The van der Waals surface area contributed by atoms with E-state index < -0.39 is 0 Å². The second kappa shape index (κ2) is 7.35. The molecule has 164 valence electrons. The van der Waals surface area contributed by atoms with Crippen molar-refractivity contribution in [2.24, 2.45) is 39.9 Å². The fraction of sp³-hybridized carbons (Fsp3) is 0.920. The number of Topliss-reactive ketones (excluding diaryl/α,β-unsaturated/α-hetero) is 1. The lowest BCUT2D eigenvalue weighted by molar-refractivity contribution is -0.173. The zero-order chi connectivity index (χ0) is 21.0. The number of carbonyl (C=O) groups is 2. The summed E-state index contributed by atoms with van der Waals surface area (Å²) in [4.78, 5) is 24.1. The highest BCUT2D eigenvalue weighted by Gasteiger charge is 2.62. The lowest BCUT2D eigenvalue weighted by Gasteiger charge is -2.63. The summed E-state index contributed by atoms with van der Waals surface area (Å²) < 4.78 is 4.80. The van der Waals surface area contributed by atoms with Gasteiger partial charge >= 0.3 is 5.97 Å². The average molecular weight is 405 g/mol. The monoisotopic (exact) mass is 404 g/mol. The smallest absolute Gasteiger partial charge is 0.305 e. The Labute approximate surface area is 176 Å². The summed E-state index contributed by atoms with van der Waals surface area (Å²) in [5.74, 6) is 2.35. The van der Waals surface area contributed by atoms with Crippen LogP contribution in [0.1, 0.15) is 91.4 Å². The molecule has 4 fully saturated rings. The number of esters is 1. The van der Waals surface area contributed by atoms with Gasteiger partial charge in [0.1, 0.15) is 5.78 Å². The zero-order valence-corrected chi connectivity index (χ0v) is 18.8. The van der Waals surface area contributed by atoms with Gasteiger partial charge < -0.3 is 9.84 Å². The van der Waals surface area contributed by atoms with Crippen LogP contribution in [0.15, 0.2) is 0 Å². The summed E-state index contributed by atoms with van der Waals surface area (Å²) in [5, 5.41) is 11.3. The van der Waals surface area contributed by atoms with Crippen molar-refractivity contribution in [3.8, 4) is 0 Å². The maximum absolute atomic E-state index is 12.6. The number of methoxy groups -OCH3 is 1. The van der Waals surface area contributed by atoms with Crippen LogP contribution in [0.2, 0.25) is 0 Å². The van der Waals surface area contributed by atoms with Gasteiger partial charge in [0, 0.05) is 18.3 Å². The molecular formula is C25H40O4. The molecule has 0 heterocycles. The maximum atomic E-state index is 12.6. The average Bonchev–Trinajstić information content (AvgIpc) is 2.98. The number of hydrogen-bond donors (Lipinski definition) is 1. The van der Waals surface area contributed by atoms with E-state index in [9.17, 15) is 14.7 Å². The number of aliphatic hydroxyl groups is 1. The molecule has 4 aliphatic rings. The molecule has 4 heteroatoms. The quantitative estimate of drug-likeness (QED) is 0.676. The Balaban J connectivity index is 1.49. The fourth-order valence-corrected chi connectivity index (χ4v) is 8.30. The molecule has 29 heavy (non-hydrogen) atoms. The molecule has 0 aromatic rings. The molecule has 0 saturated heterocycles. The topological polar surface area (TPSA) is 63.6 Å². The molecule has 4 saturated carbocycles. The van der Waals surface area contributed by atoms with E-state index >= 15 is 0 Å².